The molecule has 0 aliphatic heterocycles. The van der Waals surface area contributed by atoms with Crippen LogP contribution in [-0.2, 0) is 5.41 Å². The van der Waals surface area contributed by atoms with Gasteiger partial charge in [-0.1, -0.05) is 141 Å². The Morgan fingerprint density at radius 1 is 0.429 bits per heavy atom. The number of nitrogens with one attached hydrogen (secondary N) is 1. The van der Waals surface area contributed by atoms with E-state index in [0.29, 0.717) is 0 Å². The maximum atomic E-state index is 3.75. The summed E-state index contributed by atoms with van der Waals surface area (Å²) >= 11 is 0. The first kappa shape index (κ1) is 24.6. The van der Waals surface area contributed by atoms with Crippen molar-refractivity contribution in [2.24, 2.45) is 0 Å². The Morgan fingerprint density at radius 3 is 1.83 bits per heavy atom. The molecule has 1 aliphatic carbocycles. The molecular weight excluding hydrogens is 506 g/mol. The van der Waals surface area contributed by atoms with Gasteiger partial charge in [0.25, 0.3) is 0 Å². The summed E-state index contributed by atoms with van der Waals surface area (Å²) in [4.78, 5) is 0. The third kappa shape index (κ3) is 3.78. The average Bonchev–Trinajstić information content (AvgIpc) is 3.28. The van der Waals surface area contributed by atoms with Crippen LogP contribution >= 0.6 is 0 Å². The Kier molecular flexibility index (Phi) is 5.55. The maximum absolute atomic E-state index is 3.75. The molecule has 1 N–H and O–H groups in total. The minimum atomic E-state index is -0.00721. The lowest BCUT2D eigenvalue weighted by molar-refractivity contribution is 0.660. The van der Waals surface area contributed by atoms with Crippen LogP contribution in [0.3, 0.4) is 0 Å². The van der Waals surface area contributed by atoms with Gasteiger partial charge in [-0.05, 0) is 78.7 Å². The van der Waals surface area contributed by atoms with Crippen molar-refractivity contribution in [3.8, 4) is 33.4 Å². The number of benzene rings is 7. The minimum Gasteiger partial charge on any atom is -0.355 e. The summed E-state index contributed by atoms with van der Waals surface area (Å²) in [5.41, 5.74) is 12.7. The number of fused-ring (bicyclic) bond motifs is 5. The molecule has 0 atom stereocenters. The molecule has 0 bridgehead atoms. The zero-order valence-corrected chi connectivity index (χ0v) is 23.9. The van der Waals surface area contributed by atoms with Crippen molar-refractivity contribution in [2.75, 3.05) is 5.32 Å². The van der Waals surface area contributed by atoms with E-state index in [0.717, 1.165) is 11.4 Å². The molecule has 0 unspecified atom stereocenters. The molecule has 7 aromatic rings. The van der Waals surface area contributed by atoms with Crippen LogP contribution in [0.2, 0.25) is 0 Å². The van der Waals surface area contributed by atoms with E-state index in [1.807, 2.05) is 0 Å². The van der Waals surface area contributed by atoms with Crippen LogP contribution in [0, 0.1) is 0 Å². The Labute approximate surface area is 247 Å². The first-order valence-corrected chi connectivity index (χ1v) is 14.7. The normalized spacial score (nSPS) is 13.2. The highest BCUT2D eigenvalue weighted by molar-refractivity contribution is 6.09. The van der Waals surface area contributed by atoms with Gasteiger partial charge in [0.05, 0.1) is 0 Å². The van der Waals surface area contributed by atoms with Gasteiger partial charge in [-0.3, -0.25) is 0 Å². The summed E-state index contributed by atoms with van der Waals surface area (Å²) in [7, 11) is 0. The van der Waals surface area contributed by atoms with Gasteiger partial charge in [-0.2, -0.15) is 0 Å². The minimum absolute atomic E-state index is 0.00721. The highest BCUT2D eigenvalue weighted by atomic mass is 14.9. The van der Waals surface area contributed by atoms with Crippen molar-refractivity contribution < 1.29 is 0 Å². The molecule has 0 saturated carbocycles. The van der Waals surface area contributed by atoms with E-state index in [1.165, 1.54) is 66.1 Å². The Hall–Kier alpha value is -5.14. The Balaban J connectivity index is 1.17. The largest absolute Gasteiger partial charge is 0.355 e. The Bertz CT molecular complexity index is 2130. The Morgan fingerprint density at radius 2 is 1.00 bits per heavy atom. The van der Waals surface area contributed by atoms with Crippen LogP contribution in [0.4, 0.5) is 11.4 Å². The van der Waals surface area contributed by atoms with Crippen LogP contribution < -0.4 is 5.32 Å². The van der Waals surface area contributed by atoms with E-state index in [2.05, 4.69) is 165 Å². The molecular formula is C41H31N. The molecule has 8 rings (SSSR count). The average molecular weight is 538 g/mol. The molecule has 1 nitrogen and oxygen atoms in total. The third-order valence-electron chi connectivity index (χ3n) is 9.09. The fraction of sp³-hybridized carbons (Fsp3) is 0.0732. The lowest BCUT2D eigenvalue weighted by atomic mass is 9.82. The van der Waals surface area contributed by atoms with Crippen molar-refractivity contribution in [3.63, 3.8) is 0 Å². The summed E-state index contributed by atoms with van der Waals surface area (Å²) < 4.78 is 0. The monoisotopic (exact) mass is 537 g/mol. The highest BCUT2D eigenvalue weighted by Crippen LogP contribution is 2.51. The van der Waals surface area contributed by atoms with Gasteiger partial charge in [0.15, 0.2) is 0 Å². The van der Waals surface area contributed by atoms with Crippen molar-refractivity contribution in [2.45, 2.75) is 19.3 Å². The SMILES string of the molecule is CC1(C)c2ccccc2-c2c(Nc3ccc(-c4ccc(-c5cccc6ccccc56)c5ccccc45)cc3)cccc21. The summed E-state index contributed by atoms with van der Waals surface area (Å²) in [6.07, 6.45) is 0. The molecule has 200 valence electrons. The molecule has 1 aliphatic rings. The smallest absolute Gasteiger partial charge is 0.0467 e. The second-order valence-electron chi connectivity index (χ2n) is 11.8. The van der Waals surface area contributed by atoms with Gasteiger partial charge < -0.3 is 5.32 Å². The van der Waals surface area contributed by atoms with Crippen LogP contribution in [0.25, 0.3) is 54.9 Å². The van der Waals surface area contributed by atoms with E-state index in [-0.39, 0.29) is 5.41 Å². The fourth-order valence-corrected chi connectivity index (χ4v) is 6.99. The number of rotatable bonds is 4. The standard InChI is InChI=1S/C41H31N/c1-41(2)37-18-8-7-16-36(37)40-38(41)19-10-20-39(40)42-29-23-21-28(22-24-29)31-25-26-35(34-15-6-5-14-32(31)34)33-17-9-12-27-11-3-4-13-30(27)33/h3-26,42H,1-2H3. The van der Waals surface area contributed by atoms with Crippen LogP contribution in [0.5, 0.6) is 0 Å². The van der Waals surface area contributed by atoms with E-state index in [9.17, 15) is 0 Å². The van der Waals surface area contributed by atoms with Crippen molar-refractivity contribution in [3.05, 3.63) is 157 Å². The lowest BCUT2D eigenvalue weighted by Crippen LogP contribution is -2.14. The van der Waals surface area contributed by atoms with E-state index >= 15 is 0 Å². The molecule has 0 amide bonds. The third-order valence-corrected chi connectivity index (χ3v) is 9.09. The highest BCUT2D eigenvalue weighted by Gasteiger charge is 2.36. The van der Waals surface area contributed by atoms with Crippen molar-refractivity contribution in [1.29, 1.82) is 0 Å². The molecule has 0 spiro atoms. The number of hydrogen-bond donors (Lipinski definition) is 1. The van der Waals surface area contributed by atoms with Crippen LogP contribution in [0.15, 0.2) is 146 Å². The van der Waals surface area contributed by atoms with Crippen LogP contribution in [0.1, 0.15) is 25.0 Å². The van der Waals surface area contributed by atoms with E-state index < -0.39 is 0 Å². The zero-order chi connectivity index (χ0) is 28.3. The lowest BCUT2D eigenvalue weighted by Gasteiger charge is -2.21. The van der Waals surface area contributed by atoms with Gasteiger partial charge >= 0.3 is 0 Å². The van der Waals surface area contributed by atoms with Crippen molar-refractivity contribution in [1.82, 2.24) is 0 Å². The molecule has 0 heterocycles. The molecule has 0 radical (unpaired) electrons. The second kappa shape index (κ2) is 9.46. The first-order valence-electron chi connectivity index (χ1n) is 14.7. The number of hydrogen-bond acceptors (Lipinski definition) is 1. The summed E-state index contributed by atoms with van der Waals surface area (Å²) in [6, 6.07) is 52.9. The molecule has 0 fully saturated rings. The fourth-order valence-electron chi connectivity index (χ4n) is 6.99. The van der Waals surface area contributed by atoms with Crippen LogP contribution in [-0.4, -0.2) is 0 Å². The van der Waals surface area contributed by atoms with E-state index in [4.69, 9.17) is 0 Å². The molecule has 1 heteroatoms. The van der Waals surface area contributed by atoms with E-state index in [1.54, 1.807) is 0 Å². The second-order valence-corrected chi connectivity index (χ2v) is 11.8. The van der Waals surface area contributed by atoms with Crippen molar-refractivity contribution >= 4 is 32.9 Å². The summed E-state index contributed by atoms with van der Waals surface area (Å²) in [6.45, 7) is 4.65. The quantitative estimate of drug-likeness (QED) is 0.235. The van der Waals surface area contributed by atoms with Gasteiger partial charge in [0.1, 0.15) is 0 Å². The molecule has 7 aromatic carbocycles. The van der Waals surface area contributed by atoms with Gasteiger partial charge in [-0.25, -0.2) is 0 Å². The van der Waals surface area contributed by atoms with Gasteiger partial charge in [-0.15, -0.1) is 0 Å². The molecule has 0 aromatic heterocycles. The first-order chi connectivity index (χ1) is 20.6. The predicted molar refractivity (Wildman–Crippen MR) is 180 cm³/mol. The zero-order valence-electron chi connectivity index (χ0n) is 23.9. The molecule has 0 saturated heterocycles. The molecule has 42 heavy (non-hydrogen) atoms. The maximum Gasteiger partial charge on any atom is 0.0467 e. The summed E-state index contributed by atoms with van der Waals surface area (Å²) in [5, 5.41) is 8.84. The van der Waals surface area contributed by atoms with Gasteiger partial charge in [0, 0.05) is 22.4 Å². The van der Waals surface area contributed by atoms with Gasteiger partial charge in [0.2, 0.25) is 0 Å². The predicted octanol–water partition coefficient (Wildman–Crippen LogP) is 11.4. The number of anilines is 2. The summed E-state index contributed by atoms with van der Waals surface area (Å²) in [5.74, 6) is 0. The topological polar surface area (TPSA) is 12.0 Å².